The van der Waals surface area contributed by atoms with Gasteiger partial charge in [0.25, 0.3) is 15.9 Å². The maximum absolute atomic E-state index is 13.7. The van der Waals surface area contributed by atoms with Crippen LogP contribution >= 0.6 is 0 Å². The first-order chi connectivity index (χ1) is 15.4. The Bertz CT molecular complexity index is 1190. The molecule has 0 unspecified atom stereocenters. The van der Waals surface area contributed by atoms with Crippen LogP contribution in [0.3, 0.4) is 0 Å². The van der Waals surface area contributed by atoms with Crippen molar-refractivity contribution in [1.82, 2.24) is 0 Å². The molecule has 0 spiro atoms. The summed E-state index contributed by atoms with van der Waals surface area (Å²) >= 11 is 0. The van der Waals surface area contributed by atoms with E-state index in [1.807, 2.05) is 0 Å². The van der Waals surface area contributed by atoms with Gasteiger partial charge in [-0.2, -0.15) is 0 Å². The van der Waals surface area contributed by atoms with Gasteiger partial charge in [0.1, 0.15) is 5.75 Å². The third kappa shape index (κ3) is 5.17. The summed E-state index contributed by atoms with van der Waals surface area (Å²) in [6.45, 7) is 1.49. The standard InChI is InChI=1S/C23H23FN2O5S/c1-3-26(17-9-5-4-6-10-17)32(28,29)18-13-14-22(30-2)20(15-18)25-23(27)16-31-21-12-8-7-11-19(21)24/h4-15H,3,16H2,1-2H3,(H,25,27). The fourth-order valence-electron chi connectivity index (χ4n) is 3.05. The Morgan fingerprint density at radius 2 is 1.69 bits per heavy atom. The van der Waals surface area contributed by atoms with Gasteiger partial charge in [0.2, 0.25) is 0 Å². The Balaban J connectivity index is 1.83. The first-order valence-corrected chi connectivity index (χ1v) is 11.2. The van der Waals surface area contributed by atoms with Crippen LogP contribution in [0.25, 0.3) is 0 Å². The highest BCUT2D eigenvalue weighted by atomic mass is 32.2. The Morgan fingerprint density at radius 3 is 2.34 bits per heavy atom. The maximum Gasteiger partial charge on any atom is 0.264 e. The molecule has 1 amide bonds. The number of ether oxygens (including phenoxy) is 2. The molecule has 0 aromatic heterocycles. The Morgan fingerprint density at radius 1 is 1.00 bits per heavy atom. The average Bonchev–Trinajstić information content (AvgIpc) is 2.79. The van der Waals surface area contributed by atoms with Gasteiger partial charge >= 0.3 is 0 Å². The SMILES string of the molecule is CCN(c1ccccc1)S(=O)(=O)c1ccc(OC)c(NC(=O)COc2ccccc2F)c1. The van der Waals surface area contributed by atoms with Crippen LogP contribution in [0.2, 0.25) is 0 Å². The lowest BCUT2D eigenvalue weighted by Gasteiger charge is -2.23. The van der Waals surface area contributed by atoms with Crippen molar-refractivity contribution in [3.63, 3.8) is 0 Å². The fourth-order valence-corrected chi connectivity index (χ4v) is 4.55. The molecule has 0 aliphatic heterocycles. The summed E-state index contributed by atoms with van der Waals surface area (Å²) in [5.74, 6) is -0.985. The normalized spacial score (nSPS) is 11.0. The zero-order chi connectivity index (χ0) is 23.1. The molecule has 0 aliphatic rings. The van der Waals surface area contributed by atoms with E-state index in [1.165, 1.54) is 47.8 Å². The molecule has 0 atom stereocenters. The highest BCUT2D eigenvalue weighted by Gasteiger charge is 2.25. The number of sulfonamides is 1. The molecular formula is C23H23FN2O5S. The van der Waals surface area contributed by atoms with Crippen molar-refractivity contribution in [2.45, 2.75) is 11.8 Å². The van der Waals surface area contributed by atoms with Crippen molar-refractivity contribution < 1.29 is 27.1 Å². The lowest BCUT2D eigenvalue weighted by molar-refractivity contribution is -0.118. The number of anilines is 2. The zero-order valence-corrected chi connectivity index (χ0v) is 18.4. The summed E-state index contributed by atoms with van der Waals surface area (Å²) < 4.78 is 51.9. The smallest absolute Gasteiger partial charge is 0.264 e. The van der Waals surface area contributed by atoms with E-state index in [9.17, 15) is 17.6 Å². The van der Waals surface area contributed by atoms with E-state index in [0.29, 0.717) is 5.69 Å². The first kappa shape index (κ1) is 23.1. The molecule has 32 heavy (non-hydrogen) atoms. The van der Waals surface area contributed by atoms with Gasteiger partial charge in [0.05, 0.1) is 23.4 Å². The number of hydrogen-bond acceptors (Lipinski definition) is 5. The number of hydrogen-bond donors (Lipinski definition) is 1. The Hall–Kier alpha value is -3.59. The van der Waals surface area contributed by atoms with Gasteiger partial charge < -0.3 is 14.8 Å². The van der Waals surface area contributed by atoms with E-state index in [1.54, 1.807) is 43.3 Å². The number of rotatable bonds is 9. The highest BCUT2D eigenvalue weighted by Crippen LogP contribution is 2.30. The number of methoxy groups -OCH3 is 1. The lowest BCUT2D eigenvalue weighted by Crippen LogP contribution is -2.30. The van der Waals surface area contributed by atoms with Crippen LogP contribution in [0.1, 0.15) is 6.92 Å². The van der Waals surface area contributed by atoms with Crippen LogP contribution < -0.4 is 19.1 Å². The summed E-state index contributed by atoms with van der Waals surface area (Å²) in [5, 5.41) is 2.57. The van der Waals surface area contributed by atoms with Gasteiger partial charge in [-0.1, -0.05) is 30.3 Å². The molecule has 1 N–H and O–H groups in total. The molecule has 0 saturated carbocycles. The lowest BCUT2D eigenvalue weighted by atomic mass is 10.3. The molecular weight excluding hydrogens is 435 g/mol. The van der Waals surface area contributed by atoms with Gasteiger partial charge in [-0.25, -0.2) is 12.8 Å². The van der Waals surface area contributed by atoms with Crippen molar-refractivity contribution in [3.05, 3.63) is 78.6 Å². The second-order valence-corrected chi connectivity index (χ2v) is 8.50. The van der Waals surface area contributed by atoms with Crippen molar-refractivity contribution in [3.8, 4) is 11.5 Å². The summed E-state index contributed by atoms with van der Waals surface area (Å²) in [6.07, 6.45) is 0. The number of nitrogens with one attached hydrogen (secondary N) is 1. The minimum atomic E-state index is -3.90. The molecule has 0 fully saturated rings. The number of benzene rings is 3. The fraction of sp³-hybridized carbons (Fsp3) is 0.174. The van der Waals surface area contributed by atoms with Crippen LogP contribution in [-0.2, 0) is 14.8 Å². The first-order valence-electron chi connectivity index (χ1n) is 9.79. The molecule has 168 valence electrons. The van der Waals surface area contributed by atoms with Gasteiger partial charge in [0, 0.05) is 6.54 Å². The quantitative estimate of drug-likeness (QED) is 0.523. The third-order valence-electron chi connectivity index (χ3n) is 4.56. The largest absolute Gasteiger partial charge is 0.495 e. The monoisotopic (exact) mass is 458 g/mol. The molecule has 0 saturated heterocycles. The van der Waals surface area contributed by atoms with Crippen LogP contribution in [0, 0.1) is 5.82 Å². The summed E-state index contributed by atoms with van der Waals surface area (Å²) in [5.41, 5.74) is 0.675. The van der Waals surface area contributed by atoms with Crippen molar-refractivity contribution in [2.75, 3.05) is 29.9 Å². The number of carbonyl (C=O) groups excluding carboxylic acids is 1. The number of amides is 1. The van der Waals surface area contributed by atoms with Crippen LogP contribution in [0.15, 0.2) is 77.7 Å². The predicted octanol–water partition coefficient (Wildman–Crippen LogP) is 4.07. The third-order valence-corrected chi connectivity index (χ3v) is 6.46. The Kier molecular flexibility index (Phi) is 7.32. The molecule has 7 nitrogen and oxygen atoms in total. The molecule has 3 aromatic rings. The number of carbonyl (C=O) groups is 1. The minimum Gasteiger partial charge on any atom is -0.495 e. The second kappa shape index (κ2) is 10.1. The van der Waals surface area contributed by atoms with E-state index in [2.05, 4.69) is 5.32 Å². The van der Waals surface area contributed by atoms with Crippen molar-refractivity contribution >= 4 is 27.3 Å². The van der Waals surface area contributed by atoms with Gasteiger partial charge in [-0.3, -0.25) is 9.10 Å². The maximum atomic E-state index is 13.7. The van der Waals surface area contributed by atoms with E-state index in [-0.39, 0.29) is 28.6 Å². The van der Waals surface area contributed by atoms with Crippen LogP contribution in [0.5, 0.6) is 11.5 Å². The van der Waals surface area contributed by atoms with Gasteiger partial charge in [0.15, 0.2) is 18.2 Å². The highest BCUT2D eigenvalue weighted by molar-refractivity contribution is 7.92. The summed E-state index contributed by atoms with van der Waals surface area (Å²) in [7, 11) is -2.50. The molecule has 0 aliphatic carbocycles. The van der Waals surface area contributed by atoms with E-state index in [0.717, 1.165) is 0 Å². The van der Waals surface area contributed by atoms with Gasteiger partial charge in [-0.15, -0.1) is 0 Å². The molecule has 3 rings (SSSR count). The topological polar surface area (TPSA) is 84.9 Å². The zero-order valence-electron chi connectivity index (χ0n) is 17.6. The Labute approximate surface area is 186 Å². The van der Waals surface area contributed by atoms with E-state index < -0.39 is 28.4 Å². The van der Waals surface area contributed by atoms with Crippen molar-refractivity contribution in [2.24, 2.45) is 0 Å². The van der Waals surface area contributed by atoms with Gasteiger partial charge in [-0.05, 0) is 49.4 Å². The predicted molar refractivity (Wildman–Crippen MR) is 120 cm³/mol. The minimum absolute atomic E-state index is 0.0191. The molecule has 3 aromatic carbocycles. The van der Waals surface area contributed by atoms with E-state index >= 15 is 0 Å². The number of halogens is 1. The molecule has 0 radical (unpaired) electrons. The summed E-state index contributed by atoms with van der Waals surface area (Å²) in [4.78, 5) is 12.3. The van der Waals surface area contributed by atoms with Crippen molar-refractivity contribution in [1.29, 1.82) is 0 Å². The second-order valence-electron chi connectivity index (χ2n) is 6.63. The average molecular weight is 459 g/mol. The molecule has 9 heteroatoms. The van der Waals surface area contributed by atoms with Crippen LogP contribution in [-0.4, -0.2) is 34.6 Å². The van der Waals surface area contributed by atoms with E-state index in [4.69, 9.17) is 9.47 Å². The molecule has 0 bridgehead atoms. The summed E-state index contributed by atoms with van der Waals surface area (Å²) in [6, 6.07) is 18.6. The molecule has 0 heterocycles. The number of nitrogens with zero attached hydrogens (tertiary/aromatic N) is 1. The number of para-hydroxylation sites is 2. The van der Waals surface area contributed by atoms with Crippen LogP contribution in [0.4, 0.5) is 15.8 Å².